The first-order valence-corrected chi connectivity index (χ1v) is 8.32. The van der Waals surface area contributed by atoms with Gasteiger partial charge in [0.2, 0.25) is 0 Å². The summed E-state index contributed by atoms with van der Waals surface area (Å²) >= 11 is 0. The number of benzene rings is 1. The molecule has 1 N–H and O–H groups in total. The number of likely N-dealkylation sites (N-methyl/N-ethyl adjacent to an activating group) is 1. The van der Waals surface area contributed by atoms with E-state index in [1.165, 1.54) is 0 Å². The standard InChI is InChI=1S/C19H24N4O/c1-14-5-4-6-15(2)18(14)21-19(24)17-8-7-16(13-20-17)23-11-9-22(3)10-12-23/h4-8,13H,9-12H2,1-3H3,(H,21,24). The monoisotopic (exact) mass is 324 g/mol. The van der Waals surface area contributed by atoms with Gasteiger partial charge in [0.1, 0.15) is 5.69 Å². The highest BCUT2D eigenvalue weighted by molar-refractivity contribution is 6.03. The van der Waals surface area contributed by atoms with Crippen molar-refractivity contribution < 1.29 is 4.79 Å². The summed E-state index contributed by atoms with van der Waals surface area (Å²) in [5, 5.41) is 2.98. The number of rotatable bonds is 3. The Morgan fingerprint density at radius 3 is 2.29 bits per heavy atom. The van der Waals surface area contributed by atoms with Crippen molar-refractivity contribution in [2.24, 2.45) is 0 Å². The topological polar surface area (TPSA) is 48.5 Å². The van der Waals surface area contributed by atoms with Crippen molar-refractivity contribution in [2.45, 2.75) is 13.8 Å². The van der Waals surface area contributed by atoms with E-state index in [9.17, 15) is 4.79 Å². The first-order chi connectivity index (χ1) is 11.5. The molecule has 1 amide bonds. The Bertz CT molecular complexity index is 698. The SMILES string of the molecule is Cc1cccc(C)c1NC(=O)c1ccc(N2CCN(C)CC2)cn1. The Hall–Kier alpha value is -2.40. The molecule has 1 aliphatic heterocycles. The summed E-state index contributed by atoms with van der Waals surface area (Å²) in [6, 6.07) is 9.76. The average Bonchev–Trinajstić information content (AvgIpc) is 2.59. The third-order valence-electron chi connectivity index (χ3n) is 4.57. The minimum atomic E-state index is -0.169. The van der Waals surface area contributed by atoms with Crippen LogP contribution in [0.4, 0.5) is 11.4 Å². The number of nitrogens with one attached hydrogen (secondary N) is 1. The Balaban J connectivity index is 1.70. The van der Waals surface area contributed by atoms with Gasteiger partial charge < -0.3 is 15.1 Å². The van der Waals surface area contributed by atoms with E-state index in [0.29, 0.717) is 5.69 Å². The number of piperazine rings is 1. The average molecular weight is 324 g/mol. The maximum Gasteiger partial charge on any atom is 0.274 e. The van der Waals surface area contributed by atoms with Crippen LogP contribution in [0.15, 0.2) is 36.5 Å². The molecule has 2 aromatic rings. The van der Waals surface area contributed by atoms with Gasteiger partial charge in [-0.1, -0.05) is 18.2 Å². The molecule has 1 aliphatic rings. The number of para-hydroxylation sites is 1. The summed E-state index contributed by atoms with van der Waals surface area (Å²) in [5.41, 5.74) is 4.49. The van der Waals surface area contributed by atoms with Gasteiger partial charge in [-0.25, -0.2) is 4.98 Å². The third kappa shape index (κ3) is 3.57. The van der Waals surface area contributed by atoms with Crippen molar-refractivity contribution in [1.82, 2.24) is 9.88 Å². The largest absolute Gasteiger partial charge is 0.368 e. The molecule has 0 aliphatic carbocycles. The zero-order chi connectivity index (χ0) is 17.1. The van der Waals surface area contributed by atoms with E-state index in [4.69, 9.17) is 0 Å². The van der Waals surface area contributed by atoms with Crippen molar-refractivity contribution in [3.63, 3.8) is 0 Å². The van der Waals surface area contributed by atoms with E-state index >= 15 is 0 Å². The van der Waals surface area contributed by atoms with Gasteiger partial charge in [0.15, 0.2) is 0 Å². The van der Waals surface area contributed by atoms with E-state index in [1.807, 2.05) is 38.1 Å². The van der Waals surface area contributed by atoms with Gasteiger partial charge in [-0.3, -0.25) is 4.79 Å². The predicted molar refractivity (Wildman–Crippen MR) is 97.8 cm³/mol. The second-order valence-electron chi connectivity index (χ2n) is 6.41. The second-order valence-corrected chi connectivity index (χ2v) is 6.41. The molecule has 0 spiro atoms. The van der Waals surface area contributed by atoms with Crippen LogP contribution < -0.4 is 10.2 Å². The molecule has 0 radical (unpaired) electrons. The van der Waals surface area contributed by atoms with E-state index in [0.717, 1.165) is 48.7 Å². The lowest BCUT2D eigenvalue weighted by Gasteiger charge is -2.33. The van der Waals surface area contributed by atoms with Crippen LogP contribution in [0.3, 0.4) is 0 Å². The number of carbonyl (C=O) groups excluding carboxylic acids is 1. The number of amides is 1. The van der Waals surface area contributed by atoms with Crippen LogP contribution in [0.5, 0.6) is 0 Å². The highest BCUT2D eigenvalue weighted by Crippen LogP contribution is 2.21. The molecule has 24 heavy (non-hydrogen) atoms. The first-order valence-electron chi connectivity index (χ1n) is 8.32. The molecule has 1 fully saturated rings. The fourth-order valence-corrected chi connectivity index (χ4v) is 2.96. The Morgan fingerprint density at radius 2 is 1.71 bits per heavy atom. The molecule has 5 nitrogen and oxygen atoms in total. The lowest BCUT2D eigenvalue weighted by molar-refractivity contribution is 0.102. The zero-order valence-corrected chi connectivity index (χ0v) is 14.5. The van der Waals surface area contributed by atoms with Crippen molar-refractivity contribution in [2.75, 3.05) is 43.4 Å². The van der Waals surface area contributed by atoms with Crippen molar-refractivity contribution in [1.29, 1.82) is 0 Å². The van der Waals surface area contributed by atoms with Gasteiger partial charge in [-0.15, -0.1) is 0 Å². The van der Waals surface area contributed by atoms with Crippen LogP contribution in [0.1, 0.15) is 21.6 Å². The van der Waals surface area contributed by atoms with Crippen LogP contribution in [0.2, 0.25) is 0 Å². The smallest absolute Gasteiger partial charge is 0.274 e. The van der Waals surface area contributed by atoms with Crippen molar-refractivity contribution >= 4 is 17.3 Å². The quantitative estimate of drug-likeness (QED) is 0.943. The lowest BCUT2D eigenvalue weighted by atomic mass is 10.1. The summed E-state index contributed by atoms with van der Waals surface area (Å²) in [7, 11) is 2.14. The van der Waals surface area contributed by atoms with Gasteiger partial charge >= 0.3 is 0 Å². The number of hydrogen-bond acceptors (Lipinski definition) is 4. The van der Waals surface area contributed by atoms with Crippen LogP contribution in [-0.4, -0.2) is 49.0 Å². The fourth-order valence-electron chi connectivity index (χ4n) is 2.96. The minimum absolute atomic E-state index is 0.169. The van der Waals surface area contributed by atoms with Crippen molar-refractivity contribution in [3.05, 3.63) is 53.3 Å². The summed E-state index contributed by atoms with van der Waals surface area (Å²) < 4.78 is 0. The Kier molecular flexibility index (Phi) is 4.81. The molecule has 1 saturated heterocycles. The number of aromatic nitrogens is 1. The Morgan fingerprint density at radius 1 is 1.04 bits per heavy atom. The molecule has 0 bridgehead atoms. The summed E-state index contributed by atoms with van der Waals surface area (Å²) in [5.74, 6) is -0.169. The number of carbonyl (C=O) groups is 1. The van der Waals surface area contributed by atoms with E-state index in [1.54, 1.807) is 12.3 Å². The molecule has 3 rings (SSSR count). The van der Waals surface area contributed by atoms with Gasteiger partial charge in [0.05, 0.1) is 11.9 Å². The predicted octanol–water partition coefficient (Wildman–Crippen LogP) is 2.70. The van der Waals surface area contributed by atoms with Gasteiger partial charge in [-0.05, 0) is 44.2 Å². The summed E-state index contributed by atoms with van der Waals surface area (Å²) in [4.78, 5) is 21.4. The van der Waals surface area contributed by atoms with Gasteiger partial charge in [0, 0.05) is 31.9 Å². The molecular formula is C19H24N4O. The van der Waals surface area contributed by atoms with E-state index < -0.39 is 0 Å². The maximum absolute atomic E-state index is 12.5. The molecule has 0 saturated carbocycles. The Labute approximate surface area is 143 Å². The molecule has 126 valence electrons. The van der Waals surface area contributed by atoms with Crippen LogP contribution >= 0.6 is 0 Å². The van der Waals surface area contributed by atoms with Crippen LogP contribution in [0, 0.1) is 13.8 Å². The fraction of sp³-hybridized carbons (Fsp3) is 0.368. The first kappa shape index (κ1) is 16.5. The number of hydrogen-bond donors (Lipinski definition) is 1. The van der Waals surface area contributed by atoms with Crippen LogP contribution in [0.25, 0.3) is 0 Å². The molecule has 1 aromatic heterocycles. The minimum Gasteiger partial charge on any atom is -0.368 e. The van der Waals surface area contributed by atoms with Crippen molar-refractivity contribution in [3.8, 4) is 0 Å². The lowest BCUT2D eigenvalue weighted by Crippen LogP contribution is -2.44. The zero-order valence-electron chi connectivity index (χ0n) is 14.5. The molecular weight excluding hydrogens is 300 g/mol. The molecule has 0 atom stereocenters. The number of aryl methyl sites for hydroxylation is 2. The summed E-state index contributed by atoms with van der Waals surface area (Å²) in [6.07, 6.45) is 1.80. The molecule has 2 heterocycles. The normalized spacial score (nSPS) is 15.4. The van der Waals surface area contributed by atoms with E-state index in [2.05, 4.69) is 27.1 Å². The number of anilines is 2. The molecule has 5 heteroatoms. The third-order valence-corrected chi connectivity index (χ3v) is 4.57. The van der Waals surface area contributed by atoms with Gasteiger partial charge in [0.25, 0.3) is 5.91 Å². The summed E-state index contributed by atoms with van der Waals surface area (Å²) in [6.45, 7) is 8.07. The van der Waals surface area contributed by atoms with E-state index in [-0.39, 0.29) is 5.91 Å². The highest BCUT2D eigenvalue weighted by Gasteiger charge is 2.16. The second kappa shape index (κ2) is 7.01. The molecule has 1 aromatic carbocycles. The highest BCUT2D eigenvalue weighted by atomic mass is 16.1. The van der Waals surface area contributed by atoms with Crippen LogP contribution in [-0.2, 0) is 0 Å². The molecule has 0 unspecified atom stereocenters. The maximum atomic E-state index is 12.5. The van der Waals surface area contributed by atoms with Gasteiger partial charge in [-0.2, -0.15) is 0 Å². The number of nitrogens with zero attached hydrogens (tertiary/aromatic N) is 3. The number of pyridine rings is 1.